The highest BCUT2D eigenvalue weighted by Gasteiger charge is 2.07. The molecule has 0 N–H and O–H groups in total. The lowest BCUT2D eigenvalue weighted by Crippen LogP contribution is -2.15. The van der Waals surface area contributed by atoms with E-state index in [1.165, 1.54) is 6.07 Å². The molecule has 0 aliphatic rings. The van der Waals surface area contributed by atoms with Gasteiger partial charge in [0.1, 0.15) is 24.8 Å². The molecule has 0 aliphatic carbocycles. The number of Topliss-reactive ketones (excluding diaryl/α,β-unsaturated/α-hetero) is 1. The van der Waals surface area contributed by atoms with Crippen molar-refractivity contribution in [3.63, 3.8) is 0 Å². The molecular weight excluding hydrogens is 271 g/mol. The molecule has 4 heteroatoms. The van der Waals surface area contributed by atoms with Gasteiger partial charge in [-0.3, -0.25) is 4.79 Å². The molecule has 0 saturated carbocycles. The smallest absolute Gasteiger partial charge is 0.162 e. The second kappa shape index (κ2) is 8.17. The molecule has 0 aliphatic heterocycles. The van der Waals surface area contributed by atoms with E-state index in [9.17, 15) is 9.18 Å². The molecule has 0 bridgehead atoms. The maximum absolute atomic E-state index is 13.4. The number of halogens is 1. The summed E-state index contributed by atoms with van der Waals surface area (Å²) in [5.41, 5.74) is 0.395. The third kappa shape index (κ3) is 5.36. The summed E-state index contributed by atoms with van der Waals surface area (Å²) in [5.74, 6) is 0.247. The number of ether oxygens (including phenoxy) is 2. The van der Waals surface area contributed by atoms with Gasteiger partial charge in [0.2, 0.25) is 0 Å². The number of para-hydroxylation sites is 1. The number of carbonyl (C=O) groups is 1. The first-order valence-corrected chi connectivity index (χ1v) is 6.76. The summed E-state index contributed by atoms with van der Waals surface area (Å²) < 4.78 is 24.0. The highest BCUT2D eigenvalue weighted by molar-refractivity contribution is 5.82. The minimum atomic E-state index is -0.363. The van der Waals surface area contributed by atoms with Crippen molar-refractivity contribution in [2.75, 3.05) is 19.8 Å². The maximum atomic E-state index is 13.4. The van der Waals surface area contributed by atoms with Crippen molar-refractivity contribution < 1.29 is 18.7 Å². The van der Waals surface area contributed by atoms with Crippen molar-refractivity contribution in [1.82, 2.24) is 0 Å². The second-order valence-electron chi connectivity index (χ2n) is 4.52. The number of carbonyl (C=O) groups excluding carboxylic acids is 1. The van der Waals surface area contributed by atoms with E-state index in [-0.39, 0.29) is 24.6 Å². The third-order valence-electron chi connectivity index (χ3n) is 2.85. The van der Waals surface area contributed by atoms with E-state index >= 15 is 0 Å². The molecule has 2 aromatic rings. The van der Waals surface area contributed by atoms with E-state index in [1.54, 1.807) is 18.2 Å². The van der Waals surface area contributed by atoms with Gasteiger partial charge in [-0.1, -0.05) is 36.4 Å². The predicted molar refractivity (Wildman–Crippen MR) is 77.9 cm³/mol. The van der Waals surface area contributed by atoms with Crippen molar-refractivity contribution in [2.45, 2.75) is 6.42 Å². The van der Waals surface area contributed by atoms with Crippen molar-refractivity contribution in [3.8, 4) is 5.75 Å². The molecule has 2 aromatic carbocycles. The monoisotopic (exact) mass is 288 g/mol. The quantitative estimate of drug-likeness (QED) is 0.700. The Morgan fingerprint density at radius 3 is 2.43 bits per heavy atom. The van der Waals surface area contributed by atoms with Gasteiger partial charge in [-0.05, 0) is 23.8 Å². The van der Waals surface area contributed by atoms with Crippen LogP contribution in [0.2, 0.25) is 0 Å². The summed E-state index contributed by atoms with van der Waals surface area (Å²) >= 11 is 0. The van der Waals surface area contributed by atoms with Gasteiger partial charge in [0.05, 0.1) is 6.61 Å². The maximum Gasteiger partial charge on any atom is 0.162 e. The Labute approximate surface area is 123 Å². The molecule has 3 nitrogen and oxygen atoms in total. The van der Waals surface area contributed by atoms with Gasteiger partial charge in [-0.25, -0.2) is 4.39 Å². The van der Waals surface area contributed by atoms with Gasteiger partial charge in [-0.2, -0.15) is 0 Å². The zero-order valence-electron chi connectivity index (χ0n) is 11.6. The fraction of sp³-hybridized carbons (Fsp3) is 0.235. The first-order chi connectivity index (χ1) is 10.3. The highest BCUT2D eigenvalue weighted by Crippen LogP contribution is 2.08. The number of hydrogen-bond acceptors (Lipinski definition) is 3. The number of hydrogen-bond donors (Lipinski definition) is 0. The van der Waals surface area contributed by atoms with Gasteiger partial charge in [-0.15, -0.1) is 0 Å². The van der Waals surface area contributed by atoms with Crippen molar-refractivity contribution in [1.29, 1.82) is 0 Å². The Hall–Kier alpha value is -2.20. The Morgan fingerprint density at radius 2 is 1.67 bits per heavy atom. The highest BCUT2D eigenvalue weighted by atomic mass is 19.1. The van der Waals surface area contributed by atoms with E-state index in [0.717, 1.165) is 5.75 Å². The zero-order chi connectivity index (χ0) is 14.9. The van der Waals surface area contributed by atoms with Crippen LogP contribution in [-0.2, 0) is 16.0 Å². The summed E-state index contributed by atoms with van der Waals surface area (Å²) in [6.45, 7) is 0.654. The molecule has 0 radical (unpaired) electrons. The molecule has 0 spiro atoms. The molecule has 0 atom stereocenters. The molecule has 0 fully saturated rings. The van der Waals surface area contributed by atoms with Crippen LogP contribution in [0.1, 0.15) is 5.56 Å². The third-order valence-corrected chi connectivity index (χ3v) is 2.85. The molecule has 2 rings (SSSR count). The summed E-state index contributed by atoms with van der Waals surface area (Å²) in [5, 5.41) is 0. The van der Waals surface area contributed by atoms with E-state index in [1.807, 2.05) is 30.3 Å². The van der Waals surface area contributed by atoms with Crippen molar-refractivity contribution in [3.05, 3.63) is 66.0 Å². The van der Waals surface area contributed by atoms with Crippen LogP contribution in [0.4, 0.5) is 4.39 Å². The lowest BCUT2D eigenvalue weighted by atomic mass is 10.1. The Kier molecular flexibility index (Phi) is 5.91. The second-order valence-corrected chi connectivity index (χ2v) is 4.52. The average Bonchev–Trinajstić information content (AvgIpc) is 2.50. The van der Waals surface area contributed by atoms with Crippen LogP contribution in [0.25, 0.3) is 0 Å². The summed E-state index contributed by atoms with van der Waals surface area (Å²) in [7, 11) is 0. The van der Waals surface area contributed by atoms with Gasteiger partial charge >= 0.3 is 0 Å². The minimum absolute atomic E-state index is 0.0352. The van der Waals surface area contributed by atoms with Crippen LogP contribution >= 0.6 is 0 Å². The summed E-state index contributed by atoms with van der Waals surface area (Å²) in [6.07, 6.45) is 0.0478. The van der Waals surface area contributed by atoms with Crippen LogP contribution in [0.15, 0.2) is 54.6 Å². The van der Waals surface area contributed by atoms with Crippen LogP contribution < -0.4 is 4.74 Å². The molecule has 0 unspecified atom stereocenters. The summed E-state index contributed by atoms with van der Waals surface area (Å²) in [6, 6.07) is 15.6. The molecule has 110 valence electrons. The van der Waals surface area contributed by atoms with Crippen LogP contribution in [0.5, 0.6) is 5.75 Å². The fourth-order valence-electron chi connectivity index (χ4n) is 1.83. The van der Waals surface area contributed by atoms with Crippen LogP contribution in [0, 0.1) is 5.82 Å². The Morgan fingerprint density at radius 1 is 0.952 bits per heavy atom. The van der Waals surface area contributed by atoms with Crippen LogP contribution in [-0.4, -0.2) is 25.6 Å². The van der Waals surface area contributed by atoms with Gasteiger partial charge in [0, 0.05) is 6.42 Å². The van der Waals surface area contributed by atoms with E-state index in [0.29, 0.717) is 18.8 Å². The molecule has 0 aromatic heterocycles. The number of rotatable bonds is 8. The number of ketones is 1. The van der Waals surface area contributed by atoms with Crippen LogP contribution in [0.3, 0.4) is 0 Å². The standard InChI is InChI=1S/C17H17FO3/c18-17-9-5-4-6-14(17)12-15(19)13-20-10-11-21-16-7-2-1-3-8-16/h1-9H,10-13H2. The van der Waals surface area contributed by atoms with Crippen molar-refractivity contribution >= 4 is 5.78 Å². The van der Waals surface area contributed by atoms with Gasteiger partial charge in [0.25, 0.3) is 0 Å². The Balaban J connectivity index is 1.63. The first kappa shape index (κ1) is 15.2. The minimum Gasteiger partial charge on any atom is -0.491 e. The predicted octanol–water partition coefficient (Wildman–Crippen LogP) is 3.03. The molecular formula is C17H17FO3. The lowest BCUT2D eigenvalue weighted by Gasteiger charge is -2.07. The van der Waals surface area contributed by atoms with Gasteiger partial charge in [0.15, 0.2) is 5.78 Å². The molecule has 21 heavy (non-hydrogen) atoms. The average molecular weight is 288 g/mol. The van der Waals surface area contributed by atoms with Crippen molar-refractivity contribution in [2.24, 2.45) is 0 Å². The van der Waals surface area contributed by atoms with Gasteiger partial charge < -0.3 is 9.47 Å². The molecule has 0 heterocycles. The molecule has 0 saturated heterocycles. The fourth-order valence-corrected chi connectivity index (χ4v) is 1.83. The largest absolute Gasteiger partial charge is 0.491 e. The van der Waals surface area contributed by atoms with E-state index < -0.39 is 0 Å². The van der Waals surface area contributed by atoms with E-state index in [2.05, 4.69) is 0 Å². The first-order valence-electron chi connectivity index (χ1n) is 6.76. The van der Waals surface area contributed by atoms with E-state index in [4.69, 9.17) is 9.47 Å². The lowest BCUT2D eigenvalue weighted by molar-refractivity contribution is -0.123. The number of benzene rings is 2. The molecule has 0 amide bonds. The zero-order valence-corrected chi connectivity index (χ0v) is 11.6. The SMILES string of the molecule is O=C(COCCOc1ccccc1)Cc1ccccc1F. The summed E-state index contributed by atoms with van der Waals surface area (Å²) in [4.78, 5) is 11.7. The normalized spacial score (nSPS) is 10.3. The Bertz CT molecular complexity index is 569. The topological polar surface area (TPSA) is 35.5 Å².